The number of hydrogen-bond acceptors (Lipinski definition) is 7. The molecule has 1 N–H and O–H groups in total. The third-order valence-corrected chi connectivity index (χ3v) is 2.18. The Morgan fingerprint density at radius 2 is 1.94 bits per heavy atom. The van der Waals surface area contributed by atoms with Crippen molar-refractivity contribution in [2.75, 3.05) is 13.2 Å². The van der Waals surface area contributed by atoms with E-state index < -0.39 is 5.68 Å². The minimum atomic E-state index is -0.461. The molecule has 0 bridgehead atoms. The molecule has 0 saturated carbocycles. The van der Waals surface area contributed by atoms with Crippen LogP contribution in [0.4, 0.5) is 0 Å². The molecule has 17 heavy (non-hydrogen) atoms. The zero-order chi connectivity index (χ0) is 12.3. The number of nitrogens with zero attached hydrogens (tertiary/aromatic N) is 2. The van der Waals surface area contributed by atoms with Crippen molar-refractivity contribution in [2.24, 2.45) is 10.2 Å². The second kappa shape index (κ2) is 5.07. The zero-order valence-corrected chi connectivity index (χ0v) is 8.88. The van der Waals surface area contributed by atoms with Crippen LogP contribution in [0.3, 0.4) is 0 Å². The summed E-state index contributed by atoms with van der Waals surface area (Å²) in [5.74, 6) is -0.273. The molecule has 0 atom stereocenters. The fraction of sp³-hybridized carbons (Fsp3) is 0.250. The van der Waals surface area contributed by atoms with Crippen LogP contribution in [0.15, 0.2) is 33.5 Å². The average Bonchev–Trinajstić information content (AvgIpc) is 2.30. The van der Waals surface area contributed by atoms with Gasteiger partial charge in [0.1, 0.15) is 11.5 Å². The fourth-order valence-corrected chi connectivity index (χ4v) is 1.33. The summed E-state index contributed by atoms with van der Waals surface area (Å²) in [7, 11) is -0.193. The smallest absolute Gasteiger partial charge is 0.360 e. The second-order valence-electron chi connectivity index (χ2n) is 3.44. The number of allylic oxidation sites excluding steroid dienone is 2. The van der Waals surface area contributed by atoms with Crippen molar-refractivity contribution in [3.05, 3.63) is 23.2 Å². The summed E-state index contributed by atoms with van der Waals surface area (Å²) >= 11 is 0. The number of hydrogen-bond donors (Lipinski definition) is 1. The maximum absolute atomic E-state index is 11.3. The van der Waals surface area contributed by atoms with E-state index in [2.05, 4.69) is 10.2 Å². The number of carbonyl (C=O) groups is 2. The number of azo groups is 1. The molecule has 86 valence electrons. The number of aliphatic hydroxyl groups excluding tert-OH is 1. The summed E-state index contributed by atoms with van der Waals surface area (Å²) < 4.78 is 9.65. The average molecular weight is 234 g/mol. The SMILES string of the molecule is O=C1BOCC=C1N=NC1=C(O)COBC1=O. The zero-order valence-electron chi connectivity index (χ0n) is 8.88. The Morgan fingerprint density at radius 3 is 2.65 bits per heavy atom. The van der Waals surface area contributed by atoms with Gasteiger partial charge in [0.15, 0.2) is 17.1 Å². The van der Waals surface area contributed by atoms with Crippen molar-refractivity contribution in [3.63, 3.8) is 0 Å². The highest BCUT2D eigenvalue weighted by molar-refractivity contribution is 6.73. The Labute approximate surface area is 97.7 Å². The first kappa shape index (κ1) is 11.7. The van der Waals surface area contributed by atoms with Gasteiger partial charge in [0, 0.05) is 0 Å². The Hall–Kier alpha value is -1.73. The Balaban J connectivity index is 2.17. The molecule has 7 nitrogen and oxygen atoms in total. The number of rotatable bonds is 2. The lowest BCUT2D eigenvalue weighted by molar-refractivity contribution is -0.111. The van der Waals surface area contributed by atoms with Gasteiger partial charge in [0.2, 0.25) is 0 Å². The van der Waals surface area contributed by atoms with Gasteiger partial charge >= 0.3 is 15.0 Å². The fourth-order valence-electron chi connectivity index (χ4n) is 1.33. The molecular formula is C8H8B2N2O5. The van der Waals surface area contributed by atoms with Crippen molar-refractivity contribution in [3.8, 4) is 0 Å². The highest BCUT2D eigenvalue weighted by Gasteiger charge is 2.23. The van der Waals surface area contributed by atoms with Gasteiger partial charge in [0.05, 0.1) is 13.2 Å². The van der Waals surface area contributed by atoms with E-state index in [0.29, 0.717) is 0 Å². The minimum absolute atomic E-state index is 0.0487. The van der Waals surface area contributed by atoms with E-state index in [1.807, 2.05) is 0 Å². The lowest BCUT2D eigenvalue weighted by atomic mass is 9.88. The van der Waals surface area contributed by atoms with Gasteiger partial charge in [-0.25, -0.2) is 0 Å². The lowest BCUT2D eigenvalue weighted by Gasteiger charge is -2.11. The van der Waals surface area contributed by atoms with Crippen molar-refractivity contribution in [1.29, 1.82) is 0 Å². The first-order chi connectivity index (χ1) is 8.18. The van der Waals surface area contributed by atoms with Crippen LogP contribution in [0.5, 0.6) is 0 Å². The van der Waals surface area contributed by atoms with E-state index in [0.717, 1.165) is 0 Å². The van der Waals surface area contributed by atoms with Gasteiger partial charge in [-0.3, -0.25) is 0 Å². The molecule has 0 saturated heterocycles. The lowest BCUT2D eigenvalue weighted by Crippen LogP contribution is -2.24. The molecule has 0 spiro atoms. The standard InChI is InChI=1S/C8H8B2N2O5/c13-5-3-17-10-8(15)6(5)12-11-4-1-2-16-9-7(4)14/h1,9-10,13H,2-3H2. The maximum Gasteiger partial charge on any atom is 0.360 e. The molecule has 2 heterocycles. The second-order valence-corrected chi connectivity index (χ2v) is 3.44. The van der Waals surface area contributed by atoms with Crippen LogP contribution in [0.25, 0.3) is 0 Å². The third-order valence-electron chi connectivity index (χ3n) is 2.18. The topological polar surface area (TPSA) is 97.6 Å². The monoisotopic (exact) mass is 234 g/mol. The van der Waals surface area contributed by atoms with E-state index in [1.54, 1.807) is 0 Å². The molecule has 9 heteroatoms. The first-order valence-corrected chi connectivity index (χ1v) is 4.94. The molecule has 0 aromatic heterocycles. The van der Waals surface area contributed by atoms with Gasteiger partial charge in [0.25, 0.3) is 0 Å². The molecule has 2 aliphatic rings. The van der Waals surface area contributed by atoms with Crippen LogP contribution in [-0.2, 0) is 18.9 Å². The Morgan fingerprint density at radius 1 is 1.18 bits per heavy atom. The number of aliphatic hydroxyl groups is 1. The molecule has 0 aromatic rings. The first-order valence-electron chi connectivity index (χ1n) is 4.94. The maximum atomic E-state index is 11.3. The normalized spacial score (nSPS) is 21.3. The summed E-state index contributed by atoms with van der Waals surface area (Å²) in [6.07, 6.45) is 1.47. The molecule has 0 fully saturated rings. The summed E-state index contributed by atoms with van der Waals surface area (Å²) in [6.45, 7) is 0.207. The van der Waals surface area contributed by atoms with Gasteiger partial charge in [-0.05, 0) is 6.08 Å². The van der Waals surface area contributed by atoms with Crippen molar-refractivity contribution in [1.82, 2.24) is 0 Å². The van der Waals surface area contributed by atoms with Gasteiger partial charge < -0.3 is 24.0 Å². The van der Waals surface area contributed by atoms with E-state index >= 15 is 0 Å². The summed E-state index contributed by atoms with van der Waals surface area (Å²) in [6, 6.07) is 0. The molecule has 2 aliphatic heterocycles. The van der Waals surface area contributed by atoms with Crippen molar-refractivity contribution < 1.29 is 24.0 Å². The van der Waals surface area contributed by atoms with Crippen LogP contribution < -0.4 is 0 Å². The minimum Gasteiger partial charge on any atom is -0.507 e. The predicted octanol–water partition coefficient (Wildman–Crippen LogP) is -1.09. The molecule has 2 rings (SSSR count). The van der Waals surface area contributed by atoms with E-state index in [4.69, 9.17) is 9.31 Å². The highest BCUT2D eigenvalue weighted by atomic mass is 16.4. The van der Waals surface area contributed by atoms with Crippen LogP contribution >= 0.6 is 0 Å². The van der Waals surface area contributed by atoms with Crippen molar-refractivity contribution in [2.45, 2.75) is 0 Å². The van der Waals surface area contributed by atoms with Gasteiger partial charge in [-0.15, -0.1) is 10.2 Å². The molecule has 0 radical (unpaired) electrons. The summed E-state index contributed by atoms with van der Waals surface area (Å²) in [4.78, 5) is 22.6. The quantitative estimate of drug-likeness (QED) is 0.483. The van der Waals surface area contributed by atoms with E-state index in [-0.39, 0.29) is 51.0 Å². The highest BCUT2D eigenvalue weighted by Crippen LogP contribution is 2.13. The van der Waals surface area contributed by atoms with E-state index in [9.17, 15) is 14.7 Å². The molecule has 0 aromatic carbocycles. The van der Waals surface area contributed by atoms with Crippen LogP contribution in [-0.4, -0.2) is 44.7 Å². The third kappa shape index (κ3) is 2.69. The van der Waals surface area contributed by atoms with E-state index in [1.165, 1.54) is 6.08 Å². The van der Waals surface area contributed by atoms with Gasteiger partial charge in [-0.1, -0.05) is 0 Å². The molecule has 0 unspecified atom stereocenters. The molecule has 0 amide bonds. The summed E-state index contributed by atoms with van der Waals surface area (Å²) in [5, 5.41) is 16.6. The number of carbonyl (C=O) groups excluding carboxylic acids is 2. The predicted molar refractivity (Wildman–Crippen MR) is 58.8 cm³/mol. The van der Waals surface area contributed by atoms with Crippen LogP contribution in [0.1, 0.15) is 0 Å². The van der Waals surface area contributed by atoms with Crippen LogP contribution in [0, 0.1) is 0 Å². The Bertz CT molecular complexity index is 457. The Kier molecular flexibility index (Phi) is 3.50. The summed E-state index contributed by atoms with van der Waals surface area (Å²) in [5.41, 5.74) is -0.788. The van der Waals surface area contributed by atoms with Crippen LogP contribution in [0.2, 0.25) is 0 Å². The largest absolute Gasteiger partial charge is 0.507 e. The molecule has 0 aliphatic carbocycles. The van der Waals surface area contributed by atoms with Gasteiger partial charge in [-0.2, -0.15) is 0 Å². The van der Waals surface area contributed by atoms with Crippen molar-refractivity contribution >= 4 is 26.3 Å². The molecular weight excluding hydrogens is 226 g/mol.